The fraction of sp³-hybridized carbons (Fsp3) is 1.00. The van der Waals surface area contributed by atoms with Crippen molar-refractivity contribution in [1.82, 2.24) is 0 Å². The third-order valence-corrected chi connectivity index (χ3v) is 1.88. The molecule has 0 saturated carbocycles. The minimum Gasteiger partial charge on any atom is -0.234 e. The SMILES string of the molecule is F[C@@H](Br)CBr. The summed E-state index contributed by atoms with van der Waals surface area (Å²) in [6.07, 6.45) is 0. The van der Waals surface area contributed by atoms with Crippen LogP contribution in [0.2, 0.25) is 0 Å². The Bertz CT molecular complexity index is 21.6. The first-order valence-electron chi connectivity index (χ1n) is 1.11. The van der Waals surface area contributed by atoms with Crippen LogP contribution in [0.4, 0.5) is 4.39 Å². The van der Waals surface area contributed by atoms with Crippen LogP contribution in [0.5, 0.6) is 0 Å². The van der Waals surface area contributed by atoms with Gasteiger partial charge in [0.25, 0.3) is 0 Å². The molecule has 32 valence electrons. The summed E-state index contributed by atoms with van der Waals surface area (Å²) in [5.74, 6) is 0. The highest BCUT2D eigenvalue weighted by Crippen LogP contribution is 2.02. The molecule has 0 aromatic heterocycles. The van der Waals surface area contributed by atoms with Gasteiger partial charge in [-0.1, -0.05) is 31.9 Å². The second kappa shape index (κ2) is 3.09. The van der Waals surface area contributed by atoms with Gasteiger partial charge in [-0.2, -0.15) is 0 Å². The number of halogens is 3. The van der Waals surface area contributed by atoms with Gasteiger partial charge in [0, 0.05) is 5.33 Å². The van der Waals surface area contributed by atoms with Crippen molar-refractivity contribution < 1.29 is 4.39 Å². The quantitative estimate of drug-likeness (QED) is 0.576. The van der Waals surface area contributed by atoms with Gasteiger partial charge in [-0.25, -0.2) is 4.39 Å². The summed E-state index contributed by atoms with van der Waals surface area (Å²) in [4.78, 5) is 0. The Morgan fingerprint density at radius 2 is 2.00 bits per heavy atom. The Kier molecular flexibility index (Phi) is 3.65. The first-order chi connectivity index (χ1) is 2.27. The summed E-state index contributed by atoms with van der Waals surface area (Å²) in [6.45, 7) is 0. The van der Waals surface area contributed by atoms with Gasteiger partial charge >= 0.3 is 0 Å². The highest BCUT2D eigenvalue weighted by atomic mass is 79.9. The van der Waals surface area contributed by atoms with Crippen LogP contribution >= 0.6 is 31.9 Å². The van der Waals surface area contributed by atoms with E-state index in [1.807, 2.05) is 0 Å². The van der Waals surface area contributed by atoms with E-state index in [4.69, 9.17) is 0 Å². The minimum atomic E-state index is -0.887. The summed E-state index contributed by atoms with van der Waals surface area (Å²) >= 11 is 5.55. The number of alkyl halides is 3. The second-order valence-corrected chi connectivity index (χ2v) is 2.19. The zero-order valence-electron chi connectivity index (χ0n) is 2.42. The molecule has 0 aromatic rings. The van der Waals surface area contributed by atoms with Crippen LogP contribution in [0.1, 0.15) is 0 Å². The van der Waals surface area contributed by atoms with E-state index < -0.39 is 5.08 Å². The minimum absolute atomic E-state index is 0.368. The van der Waals surface area contributed by atoms with Crippen molar-refractivity contribution >= 4 is 31.9 Å². The molecular formula is C2H3Br2F. The molecule has 0 aliphatic carbocycles. The normalized spacial score (nSPS) is 15.0. The summed E-state index contributed by atoms with van der Waals surface area (Å²) < 4.78 is 11.3. The van der Waals surface area contributed by atoms with E-state index in [0.29, 0.717) is 5.33 Å². The molecule has 0 rings (SSSR count). The summed E-state index contributed by atoms with van der Waals surface area (Å²) in [6, 6.07) is 0. The topological polar surface area (TPSA) is 0 Å². The zero-order chi connectivity index (χ0) is 4.28. The van der Waals surface area contributed by atoms with Crippen molar-refractivity contribution in [2.24, 2.45) is 0 Å². The molecule has 0 spiro atoms. The Hall–Kier alpha value is 0.890. The van der Waals surface area contributed by atoms with E-state index in [0.717, 1.165) is 0 Å². The van der Waals surface area contributed by atoms with Crippen LogP contribution in [-0.2, 0) is 0 Å². The highest BCUT2D eigenvalue weighted by molar-refractivity contribution is 9.12. The van der Waals surface area contributed by atoms with E-state index in [-0.39, 0.29) is 0 Å². The van der Waals surface area contributed by atoms with E-state index in [1.54, 1.807) is 0 Å². The maximum Gasteiger partial charge on any atom is 0.164 e. The number of hydrogen-bond donors (Lipinski definition) is 0. The molecule has 5 heavy (non-hydrogen) atoms. The van der Waals surface area contributed by atoms with E-state index in [2.05, 4.69) is 31.9 Å². The van der Waals surface area contributed by atoms with Gasteiger partial charge in [0.1, 0.15) is 0 Å². The third-order valence-electron chi connectivity index (χ3n) is 0.117. The van der Waals surface area contributed by atoms with Crippen LogP contribution in [-0.4, -0.2) is 10.4 Å². The molecule has 0 aliphatic heterocycles. The largest absolute Gasteiger partial charge is 0.234 e. The van der Waals surface area contributed by atoms with Crippen molar-refractivity contribution in [2.45, 2.75) is 5.08 Å². The monoisotopic (exact) mass is 204 g/mol. The number of rotatable bonds is 1. The standard InChI is InChI=1S/C2H3Br2F/c3-1-2(4)5/h2H,1H2/t2-/m1/s1. The summed E-state index contributed by atoms with van der Waals surface area (Å²) in [5, 5.41) is -0.519. The zero-order valence-corrected chi connectivity index (χ0v) is 5.59. The average molecular weight is 206 g/mol. The predicted octanol–water partition coefficient (Wildman–Crippen LogP) is 2.07. The Balaban J connectivity index is 2.54. The van der Waals surface area contributed by atoms with E-state index in [1.165, 1.54) is 0 Å². The molecule has 0 N–H and O–H groups in total. The fourth-order valence-corrected chi connectivity index (χ4v) is 0. The Morgan fingerprint density at radius 1 is 1.80 bits per heavy atom. The molecule has 0 aromatic carbocycles. The van der Waals surface area contributed by atoms with Crippen molar-refractivity contribution in [3.8, 4) is 0 Å². The van der Waals surface area contributed by atoms with Gasteiger partial charge in [0.05, 0.1) is 0 Å². The van der Waals surface area contributed by atoms with Gasteiger partial charge in [0.2, 0.25) is 0 Å². The molecule has 0 amide bonds. The first-order valence-corrected chi connectivity index (χ1v) is 3.15. The molecular weight excluding hydrogens is 203 g/mol. The molecule has 3 heteroatoms. The highest BCUT2D eigenvalue weighted by Gasteiger charge is 1.89. The molecule has 0 aliphatic rings. The maximum atomic E-state index is 11.3. The van der Waals surface area contributed by atoms with Crippen LogP contribution in [0.25, 0.3) is 0 Å². The maximum absolute atomic E-state index is 11.3. The molecule has 0 fully saturated rings. The molecule has 0 bridgehead atoms. The molecule has 0 unspecified atom stereocenters. The van der Waals surface area contributed by atoms with Gasteiger partial charge in [0.15, 0.2) is 5.08 Å². The van der Waals surface area contributed by atoms with Crippen LogP contribution in [0.3, 0.4) is 0 Å². The van der Waals surface area contributed by atoms with Crippen LogP contribution in [0, 0.1) is 0 Å². The molecule has 0 nitrogen and oxygen atoms in total. The van der Waals surface area contributed by atoms with Crippen molar-refractivity contribution in [2.75, 3.05) is 5.33 Å². The fourth-order valence-electron chi connectivity index (χ4n) is 0. The summed E-state index contributed by atoms with van der Waals surface area (Å²) in [7, 11) is 0. The van der Waals surface area contributed by atoms with E-state index in [9.17, 15) is 4.39 Å². The number of hydrogen-bond acceptors (Lipinski definition) is 0. The second-order valence-electron chi connectivity index (χ2n) is 0.545. The molecule has 1 atom stereocenters. The van der Waals surface area contributed by atoms with Gasteiger partial charge in [-0.05, 0) is 0 Å². The van der Waals surface area contributed by atoms with Crippen molar-refractivity contribution in [3.63, 3.8) is 0 Å². The molecule has 0 radical (unpaired) electrons. The lowest BCUT2D eigenvalue weighted by atomic mass is 10.9. The van der Waals surface area contributed by atoms with Gasteiger partial charge in [-0.3, -0.25) is 0 Å². The third kappa shape index (κ3) is 4.89. The molecule has 0 heterocycles. The van der Waals surface area contributed by atoms with Crippen LogP contribution < -0.4 is 0 Å². The lowest BCUT2D eigenvalue weighted by Crippen LogP contribution is -1.83. The van der Waals surface area contributed by atoms with Crippen molar-refractivity contribution in [1.29, 1.82) is 0 Å². The summed E-state index contributed by atoms with van der Waals surface area (Å²) in [5.41, 5.74) is 0. The van der Waals surface area contributed by atoms with E-state index >= 15 is 0 Å². The lowest BCUT2D eigenvalue weighted by molar-refractivity contribution is 0.500. The van der Waals surface area contributed by atoms with Gasteiger partial charge < -0.3 is 0 Å². The average Bonchev–Trinajstić information content (AvgIpc) is 1.38. The first kappa shape index (κ1) is 5.89. The predicted molar refractivity (Wildman–Crippen MR) is 27.6 cm³/mol. The Morgan fingerprint density at radius 3 is 2.00 bits per heavy atom. The smallest absolute Gasteiger partial charge is 0.164 e. The lowest BCUT2D eigenvalue weighted by Gasteiger charge is -1.81. The van der Waals surface area contributed by atoms with Gasteiger partial charge in [-0.15, -0.1) is 0 Å². The Labute approximate surface area is 47.0 Å². The van der Waals surface area contributed by atoms with Crippen molar-refractivity contribution in [3.05, 3.63) is 0 Å². The van der Waals surface area contributed by atoms with Crippen LogP contribution in [0.15, 0.2) is 0 Å². The molecule has 0 saturated heterocycles.